The minimum Gasteiger partial charge on any atom is -0.312 e. The second-order valence-electron chi connectivity index (χ2n) is 5.38. The Bertz CT molecular complexity index is 739. The molecule has 0 aliphatic heterocycles. The number of hydrogen-bond acceptors (Lipinski definition) is 3. The summed E-state index contributed by atoms with van der Waals surface area (Å²) in [5, 5.41) is 7.04. The topological polar surface area (TPSA) is 55.6 Å². The molecule has 114 valence electrons. The molecule has 0 bridgehead atoms. The van der Waals surface area contributed by atoms with Crippen molar-refractivity contribution in [1.82, 2.24) is 19.3 Å². The van der Waals surface area contributed by atoms with Crippen molar-refractivity contribution < 1.29 is 0 Å². The molecule has 0 spiro atoms. The Morgan fingerprint density at radius 2 is 2.00 bits per heavy atom. The summed E-state index contributed by atoms with van der Waals surface area (Å²) in [7, 11) is 0. The zero-order valence-electron chi connectivity index (χ0n) is 13.0. The molecule has 2 rings (SSSR count). The molecule has 2 aromatic heterocycles. The lowest BCUT2D eigenvalue weighted by molar-refractivity contribution is 0.636. The summed E-state index contributed by atoms with van der Waals surface area (Å²) < 4.78 is 4.26. The van der Waals surface area contributed by atoms with Gasteiger partial charge in [0.25, 0.3) is 5.56 Å². The van der Waals surface area contributed by atoms with Crippen molar-refractivity contribution in [1.29, 1.82) is 0 Å². The van der Waals surface area contributed by atoms with Crippen LogP contribution in [0.2, 0.25) is 0 Å². The van der Waals surface area contributed by atoms with Gasteiger partial charge in [-0.1, -0.05) is 20.8 Å². The van der Waals surface area contributed by atoms with Gasteiger partial charge in [0.05, 0.1) is 5.56 Å². The normalized spacial score (nSPS) is 11.3. The Morgan fingerprint density at radius 1 is 1.29 bits per heavy atom. The fourth-order valence-electron chi connectivity index (χ4n) is 2.55. The first-order valence-corrected chi connectivity index (χ1v) is 7.81. The number of hydrogen-bond donors (Lipinski definition) is 1. The van der Waals surface area contributed by atoms with Gasteiger partial charge in [-0.05, 0) is 43.6 Å². The van der Waals surface area contributed by atoms with Gasteiger partial charge in [-0.3, -0.25) is 9.89 Å². The lowest BCUT2D eigenvalue weighted by Gasteiger charge is -2.15. The first-order chi connectivity index (χ1) is 10.0. The number of nitrogens with zero attached hydrogens (tertiary/aromatic N) is 3. The molecule has 21 heavy (non-hydrogen) atoms. The Labute approximate surface area is 129 Å². The van der Waals surface area contributed by atoms with Crippen molar-refractivity contribution in [2.24, 2.45) is 0 Å². The SMILES string of the molecule is CCCn1c(-c2ccc(C(C)C)n(CC)c2=O)n[nH]c1=S. The predicted molar refractivity (Wildman–Crippen MR) is 87.2 cm³/mol. The summed E-state index contributed by atoms with van der Waals surface area (Å²) in [5.74, 6) is 0.938. The zero-order valence-corrected chi connectivity index (χ0v) is 13.8. The number of H-pyrrole nitrogens is 1. The molecule has 6 heteroatoms. The van der Waals surface area contributed by atoms with E-state index >= 15 is 0 Å². The lowest BCUT2D eigenvalue weighted by atomic mass is 10.1. The van der Waals surface area contributed by atoms with E-state index in [0.29, 0.717) is 28.6 Å². The highest BCUT2D eigenvalue weighted by molar-refractivity contribution is 7.71. The Hall–Kier alpha value is -1.69. The van der Waals surface area contributed by atoms with Crippen molar-refractivity contribution in [3.63, 3.8) is 0 Å². The monoisotopic (exact) mass is 306 g/mol. The lowest BCUT2D eigenvalue weighted by Crippen LogP contribution is -2.25. The van der Waals surface area contributed by atoms with E-state index < -0.39 is 0 Å². The van der Waals surface area contributed by atoms with Gasteiger partial charge in [-0.25, -0.2) is 0 Å². The van der Waals surface area contributed by atoms with Crippen molar-refractivity contribution >= 4 is 12.2 Å². The van der Waals surface area contributed by atoms with Crippen molar-refractivity contribution in [3.8, 4) is 11.4 Å². The van der Waals surface area contributed by atoms with Crippen molar-refractivity contribution in [2.75, 3.05) is 0 Å². The van der Waals surface area contributed by atoms with Gasteiger partial charge >= 0.3 is 0 Å². The van der Waals surface area contributed by atoms with E-state index in [1.54, 1.807) is 0 Å². The third-order valence-electron chi connectivity index (χ3n) is 3.56. The van der Waals surface area contributed by atoms with Gasteiger partial charge in [0.15, 0.2) is 10.6 Å². The fourth-order valence-corrected chi connectivity index (χ4v) is 2.77. The molecule has 0 amide bonds. The molecule has 0 saturated heterocycles. The molecule has 0 aromatic carbocycles. The standard InChI is InChI=1S/C15H22N4OS/c1-5-9-19-13(16-17-15(19)21)11-7-8-12(10(3)4)18(6-2)14(11)20/h7-8,10H,5-6,9H2,1-4H3,(H,17,21). The van der Waals surface area contributed by atoms with Crippen LogP contribution in [0.25, 0.3) is 11.4 Å². The average Bonchev–Trinajstić information content (AvgIpc) is 2.80. The van der Waals surface area contributed by atoms with E-state index in [-0.39, 0.29) is 5.56 Å². The molecule has 0 radical (unpaired) electrons. The number of aromatic nitrogens is 4. The molecule has 0 fully saturated rings. The molecule has 1 N–H and O–H groups in total. The average molecular weight is 306 g/mol. The Kier molecular flexibility index (Phi) is 4.77. The van der Waals surface area contributed by atoms with Gasteiger partial charge in [-0.2, -0.15) is 5.10 Å². The molecule has 0 aliphatic carbocycles. The molecule has 5 nitrogen and oxygen atoms in total. The summed E-state index contributed by atoms with van der Waals surface area (Å²) in [6.07, 6.45) is 0.937. The summed E-state index contributed by atoms with van der Waals surface area (Å²) >= 11 is 5.25. The van der Waals surface area contributed by atoms with Crippen LogP contribution in [0.5, 0.6) is 0 Å². The van der Waals surface area contributed by atoms with Gasteiger partial charge in [0.1, 0.15) is 0 Å². The van der Waals surface area contributed by atoms with E-state index in [9.17, 15) is 4.79 Å². The van der Waals surface area contributed by atoms with Crippen LogP contribution < -0.4 is 5.56 Å². The first-order valence-electron chi connectivity index (χ1n) is 7.40. The fraction of sp³-hybridized carbons (Fsp3) is 0.533. The first kappa shape index (κ1) is 15.7. The van der Waals surface area contributed by atoms with E-state index in [2.05, 4.69) is 31.0 Å². The van der Waals surface area contributed by atoms with E-state index in [0.717, 1.165) is 18.7 Å². The quantitative estimate of drug-likeness (QED) is 0.862. The van der Waals surface area contributed by atoms with Gasteiger partial charge in [0, 0.05) is 18.8 Å². The third kappa shape index (κ3) is 2.85. The Morgan fingerprint density at radius 3 is 2.57 bits per heavy atom. The zero-order chi connectivity index (χ0) is 15.6. The van der Waals surface area contributed by atoms with Crippen molar-refractivity contribution in [3.05, 3.63) is 33.0 Å². The molecule has 0 saturated carbocycles. The molecule has 0 aliphatic rings. The van der Waals surface area contributed by atoms with Gasteiger partial charge in [-0.15, -0.1) is 0 Å². The van der Waals surface area contributed by atoms with Crippen LogP contribution in [0.15, 0.2) is 16.9 Å². The maximum atomic E-state index is 12.8. The van der Waals surface area contributed by atoms with Crippen LogP contribution >= 0.6 is 12.2 Å². The van der Waals surface area contributed by atoms with Crippen LogP contribution in [0.3, 0.4) is 0 Å². The highest BCUT2D eigenvalue weighted by Crippen LogP contribution is 2.18. The largest absolute Gasteiger partial charge is 0.312 e. The molecule has 0 atom stereocenters. The van der Waals surface area contributed by atoms with Crippen LogP contribution in [0.1, 0.15) is 45.7 Å². The Balaban J connectivity index is 2.66. The molecular formula is C15H22N4OS. The van der Waals surface area contributed by atoms with Crippen LogP contribution in [0, 0.1) is 4.77 Å². The number of rotatable bonds is 5. The van der Waals surface area contributed by atoms with Crippen LogP contribution in [0.4, 0.5) is 0 Å². The number of nitrogens with one attached hydrogen (secondary N) is 1. The molecule has 2 heterocycles. The maximum absolute atomic E-state index is 12.8. The van der Waals surface area contributed by atoms with E-state index in [4.69, 9.17) is 12.2 Å². The van der Waals surface area contributed by atoms with E-state index in [1.165, 1.54) is 0 Å². The summed E-state index contributed by atoms with van der Waals surface area (Å²) in [5.41, 5.74) is 1.64. The number of pyridine rings is 1. The van der Waals surface area contributed by atoms with E-state index in [1.807, 2.05) is 28.2 Å². The maximum Gasteiger partial charge on any atom is 0.261 e. The van der Waals surface area contributed by atoms with Gasteiger partial charge in [0.2, 0.25) is 0 Å². The summed E-state index contributed by atoms with van der Waals surface area (Å²) in [6.45, 7) is 9.65. The third-order valence-corrected chi connectivity index (χ3v) is 3.87. The highest BCUT2D eigenvalue weighted by Gasteiger charge is 2.16. The van der Waals surface area contributed by atoms with Crippen molar-refractivity contribution in [2.45, 2.75) is 53.1 Å². The minimum absolute atomic E-state index is 0.00458. The summed E-state index contributed by atoms with van der Waals surface area (Å²) in [4.78, 5) is 12.8. The predicted octanol–water partition coefficient (Wildman–Crippen LogP) is 3.32. The second kappa shape index (κ2) is 6.39. The van der Waals surface area contributed by atoms with Crippen LogP contribution in [-0.4, -0.2) is 19.3 Å². The highest BCUT2D eigenvalue weighted by atomic mass is 32.1. The van der Waals surface area contributed by atoms with Crippen LogP contribution in [-0.2, 0) is 13.1 Å². The number of aromatic amines is 1. The second-order valence-corrected chi connectivity index (χ2v) is 5.77. The van der Waals surface area contributed by atoms with Gasteiger partial charge < -0.3 is 9.13 Å². The smallest absolute Gasteiger partial charge is 0.261 e. The molecule has 0 unspecified atom stereocenters. The summed E-state index contributed by atoms with van der Waals surface area (Å²) in [6, 6.07) is 3.87. The molecular weight excluding hydrogens is 284 g/mol. The minimum atomic E-state index is -0.00458. The molecule has 2 aromatic rings.